The molecular weight excluding hydrogens is 340 g/mol. The SMILES string of the molecule is O=C(COc1ncnc2ccccc12)Nc1ccc(N2CCCCC2)cc1. The van der Waals surface area contributed by atoms with Crippen molar-refractivity contribution in [2.45, 2.75) is 19.3 Å². The molecule has 6 heteroatoms. The Balaban J connectivity index is 1.35. The number of nitrogens with zero attached hydrogens (tertiary/aromatic N) is 3. The van der Waals surface area contributed by atoms with E-state index in [1.165, 1.54) is 31.3 Å². The van der Waals surface area contributed by atoms with Gasteiger partial charge in [-0.1, -0.05) is 12.1 Å². The number of hydrogen-bond acceptors (Lipinski definition) is 5. The Bertz CT molecular complexity index is 916. The lowest BCUT2D eigenvalue weighted by Crippen LogP contribution is -2.29. The Labute approximate surface area is 158 Å². The average Bonchev–Trinajstić information content (AvgIpc) is 2.73. The average molecular weight is 362 g/mol. The van der Waals surface area contributed by atoms with Crippen molar-refractivity contribution < 1.29 is 9.53 Å². The number of hydrogen-bond donors (Lipinski definition) is 1. The lowest BCUT2D eigenvalue weighted by molar-refractivity contribution is -0.118. The minimum Gasteiger partial charge on any atom is -0.467 e. The van der Waals surface area contributed by atoms with Gasteiger partial charge >= 0.3 is 0 Å². The Morgan fingerprint density at radius 3 is 2.59 bits per heavy atom. The van der Waals surface area contributed by atoms with Crippen molar-refractivity contribution in [3.8, 4) is 5.88 Å². The zero-order valence-corrected chi connectivity index (χ0v) is 15.1. The van der Waals surface area contributed by atoms with Crippen molar-refractivity contribution >= 4 is 28.2 Å². The number of amides is 1. The highest BCUT2D eigenvalue weighted by Gasteiger charge is 2.11. The number of fused-ring (bicyclic) bond motifs is 1. The first-order valence-corrected chi connectivity index (χ1v) is 9.27. The summed E-state index contributed by atoms with van der Waals surface area (Å²) in [5.41, 5.74) is 2.75. The molecule has 1 aliphatic rings. The number of nitrogens with one attached hydrogen (secondary N) is 1. The van der Waals surface area contributed by atoms with Crippen LogP contribution in [0.2, 0.25) is 0 Å². The second kappa shape index (κ2) is 8.03. The Morgan fingerprint density at radius 1 is 1.00 bits per heavy atom. The van der Waals surface area contributed by atoms with E-state index in [9.17, 15) is 4.79 Å². The Morgan fingerprint density at radius 2 is 1.78 bits per heavy atom. The molecule has 1 amide bonds. The van der Waals surface area contributed by atoms with E-state index in [1.807, 2.05) is 36.4 Å². The first-order valence-electron chi connectivity index (χ1n) is 9.27. The zero-order valence-electron chi connectivity index (χ0n) is 15.1. The second-order valence-electron chi connectivity index (χ2n) is 6.63. The van der Waals surface area contributed by atoms with Gasteiger partial charge in [-0.3, -0.25) is 4.79 Å². The Kier molecular flexibility index (Phi) is 5.14. The monoisotopic (exact) mass is 362 g/mol. The number of ether oxygens (including phenoxy) is 1. The Hall–Kier alpha value is -3.15. The van der Waals surface area contributed by atoms with Gasteiger partial charge in [-0.2, -0.15) is 0 Å². The molecule has 138 valence electrons. The minimum atomic E-state index is -0.219. The summed E-state index contributed by atoms with van der Waals surface area (Å²) in [6.07, 6.45) is 5.24. The maximum Gasteiger partial charge on any atom is 0.262 e. The van der Waals surface area contributed by atoms with Crippen LogP contribution in [0.4, 0.5) is 11.4 Å². The van der Waals surface area contributed by atoms with Gasteiger partial charge in [0.05, 0.1) is 10.9 Å². The molecule has 3 aromatic rings. The summed E-state index contributed by atoms with van der Waals surface area (Å²) in [6.45, 7) is 2.10. The van der Waals surface area contributed by atoms with Gasteiger partial charge in [0, 0.05) is 24.5 Å². The highest BCUT2D eigenvalue weighted by Crippen LogP contribution is 2.22. The molecule has 0 radical (unpaired) electrons. The molecule has 2 heterocycles. The fourth-order valence-corrected chi connectivity index (χ4v) is 3.33. The van der Waals surface area contributed by atoms with Crippen molar-refractivity contribution in [2.24, 2.45) is 0 Å². The van der Waals surface area contributed by atoms with Crippen molar-refractivity contribution in [2.75, 3.05) is 29.9 Å². The fraction of sp³-hybridized carbons (Fsp3) is 0.286. The molecule has 1 saturated heterocycles. The van der Waals surface area contributed by atoms with Gasteiger partial charge in [0.2, 0.25) is 5.88 Å². The van der Waals surface area contributed by atoms with E-state index < -0.39 is 0 Å². The van der Waals surface area contributed by atoms with E-state index >= 15 is 0 Å². The van der Waals surface area contributed by atoms with E-state index in [-0.39, 0.29) is 12.5 Å². The van der Waals surface area contributed by atoms with Crippen LogP contribution in [0.5, 0.6) is 5.88 Å². The summed E-state index contributed by atoms with van der Waals surface area (Å²) in [4.78, 5) is 22.9. The van der Waals surface area contributed by atoms with E-state index in [2.05, 4.69) is 32.3 Å². The van der Waals surface area contributed by atoms with Crippen molar-refractivity contribution in [3.05, 3.63) is 54.9 Å². The number of carbonyl (C=O) groups excluding carboxylic acids is 1. The van der Waals surface area contributed by atoms with E-state index in [1.54, 1.807) is 0 Å². The fourth-order valence-electron chi connectivity index (χ4n) is 3.33. The molecule has 1 fully saturated rings. The van der Waals surface area contributed by atoms with Gasteiger partial charge < -0.3 is 15.0 Å². The third-order valence-electron chi connectivity index (χ3n) is 4.72. The van der Waals surface area contributed by atoms with Gasteiger partial charge in [0.15, 0.2) is 6.61 Å². The lowest BCUT2D eigenvalue weighted by atomic mass is 10.1. The van der Waals surface area contributed by atoms with Crippen LogP contribution < -0.4 is 15.0 Å². The molecule has 0 saturated carbocycles. The molecule has 0 bridgehead atoms. The van der Waals surface area contributed by atoms with Crippen LogP contribution >= 0.6 is 0 Å². The summed E-state index contributed by atoms with van der Waals surface area (Å²) in [6, 6.07) is 15.5. The molecule has 4 rings (SSSR count). The maximum absolute atomic E-state index is 12.2. The van der Waals surface area contributed by atoms with Crippen molar-refractivity contribution in [1.29, 1.82) is 0 Å². The van der Waals surface area contributed by atoms with E-state index in [0.717, 1.165) is 29.7 Å². The van der Waals surface area contributed by atoms with Gasteiger partial charge in [-0.25, -0.2) is 9.97 Å². The smallest absolute Gasteiger partial charge is 0.262 e. The number of rotatable bonds is 5. The molecule has 0 spiro atoms. The number of para-hydroxylation sites is 1. The molecule has 0 unspecified atom stereocenters. The molecule has 1 aromatic heterocycles. The highest BCUT2D eigenvalue weighted by atomic mass is 16.5. The topological polar surface area (TPSA) is 67.3 Å². The van der Waals surface area contributed by atoms with Crippen LogP contribution in [0, 0.1) is 0 Å². The molecule has 27 heavy (non-hydrogen) atoms. The number of benzene rings is 2. The van der Waals surface area contributed by atoms with Crippen LogP contribution in [0.25, 0.3) is 10.9 Å². The third-order valence-corrected chi connectivity index (χ3v) is 4.72. The zero-order chi connectivity index (χ0) is 18.5. The van der Waals surface area contributed by atoms with Gasteiger partial charge in [0.1, 0.15) is 6.33 Å². The van der Waals surface area contributed by atoms with Crippen LogP contribution in [-0.4, -0.2) is 35.6 Å². The second-order valence-corrected chi connectivity index (χ2v) is 6.63. The summed E-state index contributed by atoms with van der Waals surface area (Å²) < 4.78 is 5.60. The molecule has 1 N–H and O–H groups in total. The van der Waals surface area contributed by atoms with Crippen molar-refractivity contribution in [3.63, 3.8) is 0 Å². The summed E-state index contributed by atoms with van der Waals surface area (Å²) >= 11 is 0. The standard InChI is InChI=1S/C21H22N4O2/c26-20(14-27-21-18-6-2-3-7-19(18)22-15-23-21)24-16-8-10-17(11-9-16)25-12-4-1-5-13-25/h2-3,6-11,15H,1,4-5,12-14H2,(H,24,26). The number of anilines is 2. The van der Waals surface area contributed by atoms with Gasteiger partial charge in [-0.05, 0) is 55.7 Å². The summed E-state index contributed by atoms with van der Waals surface area (Å²) in [5.74, 6) is 0.194. The molecule has 2 aromatic carbocycles. The van der Waals surface area contributed by atoms with E-state index in [0.29, 0.717) is 5.88 Å². The highest BCUT2D eigenvalue weighted by molar-refractivity contribution is 5.92. The van der Waals surface area contributed by atoms with Crippen LogP contribution in [0.15, 0.2) is 54.9 Å². The molecule has 6 nitrogen and oxygen atoms in total. The third kappa shape index (κ3) is 4.16. The lowest BCUT2D eigenvalue weighted by Gasteiger charge is -2.28. The van der Waals surface area contributed by atoms with Crippen LogP contribution in [-0.2, 0) is 4.79 Å². The number of piperidine rings is 1. The molecule has 1 aliphatic heterocycles. The van der Waals surface area contributed by atoms with Crippen molar-refractivity contribution in [1.82, 2.24) is 9.97 Å². The molecule has 0 aliphatic carbocycles. The van der Waals surface area contributed by atoms with E-state index in [4.69, 9.17) is 4.74 Å². The maximum atomic E-state index is 12.2. The minimum absolute atomic E-state index is 0.102. The normalized spacial score (nSPS) is 14.1. The summed E-state index contributed by atoms with van der Waals surface area (Å²) in [5, 5.41) is 3.65. The van der Waals surface area contributed by atoms with Gasteiger partial charge in [-0.15, -0.1) is 0 Å². The largest absolute Gasteiger partial charge is 0.467 e. The molecule has 0 atom stereocenters. The number of aromatic nitrogens is 2. The molecular formula is C21H22N4O2. The number of carbonyl (C=O) groups is 1. The summed E-state index contributed by atoms with van der Waals surface area (Å²) in [7, 11) is 0. The van der Waals surface area contributed by atoms with Crippen LogP contribution in [0.3, 0.4) is 0 Å². The van der Waals surface area contributed by atoms with Gasteiger partial charge in [0.25, 0.3) is 5.91 Å². The first kappa shape index (κ1) is 17.3. The predicted molar refractivity (Wildman–Crippen MR) is 106 cm³/mol. The predicted octanol–water partition coefficient (Wildman–Crippen LogP) is 3.64. The quantitative estimate of drug-likeness (QED) is 0.751. The van der Waals surface area contributed by atoms with Crippen LogP contribution in [0.1, 0.15) is 19.3 Å². The first-order chi connectivity index (χ1) is 13.3.